The van der Waals surface area contributed by atoms with Gasteiger partial charge in [0.2, 0.25) is 0 Å². The van der Waals surface area contributed by atoms with E-state index in [4.69, 9.17) is 5.11 Å². The van der Waals surface area contributed by atoms with Gasteiger partial charge in [-0.05, 0) is 37.5 Å². The van der Waals surface area contributed by atoms with Crippen molar-refractivity contribution in [1.29, 1.82) is 0 Å². The predicted octanol–water partition coefficient (Wildman–Crippen LogP) is 2.78. The molecule has 0 spiro atoms. The summed E-state index contributed by atoms with van der Waals surface area (Å²) in [7, 11) is 0. The summed E-state index contributed by atoms with van der Waals surface area (Å²) in [6, 6.07) is 5.33. The highest BCUT2D eigenvalue weighted by Gasteiger charge is 2.09. The van der Waals surface area contributed by atoms with Crippen molar-refractivity contribution in [1.82, 2.24) is 9.55 Å². The molecule has 0 aliphatic heterocycles. The predicted molar refractivity (Wildman–Crippen MR) is 78.1 cm³/mol. The molecule has 0 saturated carbocycles. The van der Waals surface area contributed by atoms with Crippen LogP contribution in [0.25, 0.3) is 0 Å². The highest BCUT2D eigenvalue weighted by molar-refractivity contribution is 5.94. The number of aromatic nitrogens is 2. The number of aryl methyl sites for hydroxylation is 2. The van der Waals surface area contributed by atoms with E-state index in [9.17, 15) is 4.79 Å². The Balaban J connectivity index is 1.81. The summed E-state index contributed by atoms with van der Waals surface area (Å²) >= 11 is 0. The number of rotatable bonds is 7. The number of carbonyl (C=O) groups is 1. The van der Waals surface area contributed by atoms with E-state index < -0.39 is 5.97 Å². The summed E-state index contributed by atoms with van der Waals surface area (Å²) in [5.41, 5.74) is 2.07. The third kappa shape index (κ3) is 3.85. The van der Waals surface area contributed by atoms with Gasteiger partial charge in [0.15, 0.2) is 0 Å². The van der Waals surface area contributed by atoms with Crippen LogP contribution in [-0.4, -0.2) is 27.2 Å². The van der Waals surface area contributed by atoms with Crippen LogP contribution in [0.15, 0.2) is 36.9 Å². The van der Waals surface area contributed by atoms with Crippen LogP contribution in [0.2, 0.25) is 0 Å². The summed E-state index contributed by atoms with van der Waals surface area (Å²) < 4.78 is 2.04. The minimum absolute atomic E-state index is 0.324. The number of unbranched alkanes of at least 4 members (excludes halogenated alkanes) is 1. The number of carboxylic acid groups (broad SMARTS) is 1. The molecule has 20 heavy (non-hydrogen) atoms. The van der Waals surface area contributed by atoms with Crippen molar-refractivity contribution < 1.29 is 9.90 Å². The Labute approximate surface area is 118 Å². The molecule has 5 heteroatoms. The molecule has 1 aromatic carbocycles. The molecule has 2 N–H and O–H groups in total. The van der Waals surface area contributed by atoms with Gasteiger partial charge in [-0.15, -0.1) is 0 Å². The first-order chi connectivity index (χ1) is 9.66. The second kappa shape index (κ2) is 6.75. The van der Waals surface area contributed by atoms with Gasteiger partial charge in [0, 0.05) is 31.2 Å². The molecule has 0 bridgehead atoms. The molecule has 2 aromatic rings. The van der Waals surface area contributed by atoms with Gasteiger partial charge in [0.25, 0.3) is 0 Å². The maximum Gasteiger partial charge on any atom is 0.337 e. The molecule has 5 nitrogen and oxygen atoms in total. The lowest BCUT2D eigenvalue weighted by molar-refractivity contribution is 0.0698. The fourth-order valence-corrected chi connectivity index (χ4v) is 2.05. The van der Waals surface area contributed by atoms with Crippen LogP contribution in [0.4, 0.5) is 5.69 Å². The Hall–Kier alpha value is -2.30. The van der Waals surface area contributed by atoms with Crippen LogP contribution in [0.1, 0.15) is 28.8 Å². The normalized spacial score (nSPS) is 10.4. The van der Waals surface area contributed by atoms with Crippen LogP contribution in [0, 0.1) is 6.92 Å². The molecule has 0 aliphatic rings. The molecular formula is C15H19N3O2. The van der Waals surface area contributed by atoms with Crippen molar-refractivity contribution in [3.63, 3.8) is 0 Å². The second-order valence-electron chi connectivity index (χ2n) is 4.79. The lowest BCUT2D eigenvalue weighted by Crippen LogP contribution is -2.08. The number of nitrogens with zero attached hydrogens (tertiary/aromatic N) is 2. The van der Waals surface area contributed by atoms with E-state index in [-0.39, 0.29) is 0 Å². The summed E-state index contributed by atoms with van der Waals surface area (Å²) in [5.74, 6) is -0.897. The fraction of sp³-hybridized carbons (Fsp3) is 0.333. The number of hydrogen-bond donors (Lipinski definition) is 2. The number of imidazole rings is 1. The molecule has 0 radical (unpaired) electrons. The standard InChI is InChI=1S/C15H19N3O2/c1-12-4-5-13(15(19)20)14(10-12)17-6-2-3-8-18-9-7-16-11-18/h4-5,7,9-11,17H,2-3,6,8H2,1H3,(H,19,20). The summed E-state index contributed by atoms with van der Waals surface area (Å²) in [6.07, 6.45) is 7.51. The zero-order chi connectivity index (χ0) is 14.4. The topological polar surface area (TPSA) is 67.2 Å². The van der Waals surface area contributed by atoms with Gasteiger partial charge in [-0.25, -0.2) is 9.78 Å². The quantitative estimate of drug-likeness (QED) is 0.761. The molecule has 0 saturated heterocycles. The monoisotopic (exact) mass is 273 g/mol. The van der Waals surface area contributed by atoms with Crippen molar-refractivity contribution in [2.45, 2.75) is 26.3 Å². The number of hydrogen-bond acceptors (Lipinski definition) is 3. The highest BCUT2D eigenvalue weighted by Crippen LogP contribution is 2.17. The van der Waals surface area contributed by atoms with Crippen LogP contribution in [0.5, 0.6) is 0 Å². The van der Waals surface area contributed by atoms with Gasteiger partial charge in [-0.3, -0.25) is 0 Å². The summed E-state index contributed by atoms with van der Waals surface area (Å²) in [6.45, 7) is 3.65. The molecule has 1 aromatic heterocycles. The molecule has 0 aliphatic carbocycles. The third-order valence-corrected chi connectivity index (χ3v) is 3.12. The van der Waals surface area contributed by atoms with Gasteiger partial charge in [-0.2, -0.15) is 0 Å². The summed E-state index contributed by atoms with van der Waals surface area (Å²) in [4.78, 5) is 15.1. The number of carboxylic acids is 1. The molecule has 0 amide bonds. The molecule has 0 atom stereocenters. The highest BCUT2D eigenvalue weighted by atomic mass is 16.4. The van der Waals surface area contributed by atoms with Gasteiger partial charge in [0.05, 0.1) is 11.9 Å². The second-order valence-corrected chi connectivity index (χ2v) is 4.79. The molecule has 2 rings (SSSR count). The smallest absolute Gasteiger partial charge is 0.337 e. The van der Waals surface area contributed by atoms with Crippen LogP contribution >= 0.6 is 0 Å². The Bertz CT molecular complexity index is 565. The SMILES string of the molecule is Cc1ccc(C(=O)O)c(NCCCCn2ccnc2)c1. The van der Waals surface area contributed by atoms with E-state index in [0.717, 1.165) is 31.5 Å². The largest absolute Gasteiger partial charge is 0.478 e. The Kier molecular flexibility index (Phi) is 4.76. The lowest BCUT2D eigenvalue weighted by Gasteiger charge is -2.10. The fourth-order valence-electron chi connectivity index (χ4n) is 2.05. The number of benzene rings is 1. The number of nitrogens with one attached hydrogen (secondary N) is 1. The maximum atomic E-state index is 11.1. The zero-order valence-corrected chi connectivity index (χ0v) is 11.5. The molecule has 106 valence electrons. The maximum absolute atomic E-state index is 11.1. The number of anilines is 1. The molecule has 0 fully saturated rings. The summed E-state index contributed by atoms with van der Waals surface area (Å²) in [5, 5.41) is 12.3. The minimum Gasteiger partial charge on any atom is -0.478 e. The van der Waals surface area contributed by atoms with Crippen molar-refractivity contribution in [2.24, 2.45) is 0 Å². The van der Waals surface area contributed by atoms with Crippen LogP contribution in [-0.2, 0) is 6.54 Å². The average molecular weight is 273 g/mol. The van der Waals surface area contributed by atoms with Crippen LogP contribution < -0.4 is 5.32 Å². The van der Waals surface area contributed by atoms with Crippen molar-refractivity contribution in [3.8, 4) is 0 Å². The Morgan fingerprint density at radius 1 is 1.40 bits per heavy atom. The lowest BCUT2D eigenvalue weighted by atomic mass is 10.1. The minimum atomic E-state index is -0.897. The first-order valence-corrected chi connectivity index (χ1v) is 6.70. The van der Waals surface area contributed by atoms with Crippen molar-refractivity contribution in [2.75, 3.05) is 11.9 Å². The first kappa shape index (κ1) is 14.1. The van der Waals surface area contributed by atoms with Gasteiger partial charge < -0.3 is 15.0 Å². The molecule has 0 unspecified atom stereocenters. The van der Waals surface area contributed by atoms with E-state index >= 15 is 0 Å². The zero-order valence-electron chi connectivity index (χ0n) is 11.5. The average Bonchev–Trinajstić information content (AvgIpc) is 2.91. The van der Waals surface area contributed by atoms with E-state index in [2.05, 4.69) is 10.3 Å². The number of aromatic carboxylic acids is 1. The van der Waals surface area contributed by atoms with Crippen molar-refractivity contribution >= 4 is 11.7 Å². The molecular weight excluding hydrogens is 254 g/mol. The molecule has 1 heterocycles. The Morgan fingerprint density at radius 2 is 2.25 bits per heavy atom. The first-order valence-electron chi connectivity index (χ1n) is 6.70. The van der Waals surface area contributed by atoms with E-state index in [1.54, 1.807) is 18.6 Å². The van der Waals surface area contributed by atoms with Crippen LogP contribution in [0.3, 0.4) is 0 Å². The third-order valence-electron chi connectivity index (χ3n) is 3.12. The van der Waals surface area contributed by atoms with E-state index in [1.807, 2.05) is 29.8 Å². The Morgan fingerprint density at radius 3 is 2.95 bits per heavy atom. The van der Waals surface area contributed by atoms with Gasteiger partial charge in [-0.1, -0.05) is 6.07 Å². The van der Waals surface area contributed by atoms with Gasteiger partial charge in [0.1, 0.15) is 0 Å². The van der Waals surface area contributed by atoms with E-state index in [0.29, 0.717) is 11.3 Å². The van der Waals surface area contributed by atoms with Gasteiger partial charge >= 0.3 is 5.97 Å². The van der Waals surface area contributed by atoms with Crippen molar-refractivity contribution in [3.05, 3.63) is 48.0 Å². The van der Waals surface area contributed by atoms with E-state index in [1.165, 1.54) is 0 Å².